The van der Waals surface area contributed by atoms with Crippen molar-refractivity contribution in [2.75, 3.05) is 33.8 Å². The van der Waals surface area contributed by atoms with Crippen molar-refractivity contribution in [2.24, 2.45) is 5.10 Å². The Hall–Kier alpha value is -3.00. The highest BCUT2D eigenvalue weighted by Gasteiger charge is 2.28. The van der Waals surface area contributed by atoms with Crippen LogP contribution in [0.4, 0.5) is 5.69 Å². The normalized spacial score (nSPS) is 15.3. The fourth-order valence-electron chi connectivity index (χ4n) is 3.14. The van der Waals surface area contributed by atoms with Crippen LogP contribution < -0.4 is 24.3 Å². The van der Waals surface area contributed by atoms with E-state index in [-0.39, 0.29) is 6.04 Å². The number of ether oxygens (including phenoxy) is 4. The molecule has 0 aromatic heterocycles. The predicted molar refractivity (Wildman–Crippen MR) is 113 cm³/mol. The van der Waals surface area contributed by atoms with Gasteiger partial charge in [0.2, 0.25) is 5.75 Å². The summed E-state index contributed by atoms with van der Waals surface area (Å²) in [4.78, 5) is 0. The molecule has 0 aliphatic carbocycles. The molecule has 3 rings (SSSR count). The third-order valence-electron chi connectivity index (χ3n) is 4.45. The van der Waals surface area contributed by atoms with Crippen molar-refractivity contribution in [3.8, 4) is 23.0 Å². The highest BCUT2D eigenvalue weighted by Crippen LogP contribution is 2.40. The lowest BCUT2D eigenvalue weighted by molar-refractivity contribution is 0.324. The Morgan fingerprint density at radius 1 is 1.00 bits per heavy atom. The maximum atomic E-state index is 5.62. The Balaban J connectivity index is 1.85. The molecule has 0 radical (unpaired) electrons. The van der Waals surface area contributed by atoms with Gasteiger partial charge in [0.1, 0.15) is 5.75 Å². The second-order valence-electron chi connectivity index (χ2n) is 5.98. The summed E-state index contributed by atoms with van der Waals surface area (Å²) in [6.07, 6.45) is 2.58. The number of methoxy groups -OCH3 is 4. The van der Waals surface area contributed by atoms with E-state index < -0.39 is 0 Å². The number of anilines is 1. The summed E-state index contributed by atoms with van der Waals surface area (Å²) >= 11 is 5.62. The van der Waals surface area contributed by atoms with Crippen molar-refractivity contribution in [1.29, 1.82) is 0 Å². The van der Waals surface area contributed by atoms with Crippen molar-refractivity contribution in [1.82, 2.24) is 5.01 Å². The van der Waals surface area contributed by atoms with Crippen LogP contribution in [0.25, 0.3) is 0 Å². The first-order chi connectivity index (χ1) is 13.6. The molecule has 1 unspecified atom stereocenters. The van der Waals surface area contributed by atoms with Crippen molar-refractivity contribution in [3.05, 3.63) is 42.0 Å². The molecule has 1 heterocycles. The largest absolute Gasteiger partial charge is 0.496 e. The van der Waals surface area contributed by atoms with Gasteiger partial charge >= 0.3 is 0 Å². The number of thiocarbonyl (C=S) groups is 1. The van der Waals surface area contributed by atoms with E-state index >= 15 is 0 Å². The van der Waals surface area contributed by atoms with Gasteiger partial charge in [-0.3, -0.25) is 0 Å². The third kappa shape index (κ3) is 3.82. The van der Waals surface area contributed by atoms with E-state index in [1.54, 1.807) is 45.6 Å². The quantitative estimate of drug-likeness (QED) is 0.738. The second kappa shape index (κ2) is 8.79. The zero-order valence-electron chi connectivity index (χ0n) is 16.3. The lowest BCUT2D eigenvalue weighted by Crippen LogP contribution is -2.31. The Kier molecular flexibility index (Phi) is 6.20. The van der Waals surface area contributed by atoms with Crippen molar-refractivity contribution in [3.63, 3.8) is 0 Å². The first kappa shape index (κ1) is 19.8. The first-order valence-corrected chi connectivity index (χ1v) is 9.09. The van der Waals surface area contributed by atoms with E-state index in [1.165, 1.54) is 0 Å². The molecule has 2 aromatic carbocycles. The Labute approximate surface area is 169 Å². The van der Waals surface area contributed by atoms with Gasteiger partial charge in [-0.1, -0.05) is 18.2 Å². The van der Waals surface area contributed by atoms with Crippen LogP contribution in [0, 0.1) is 0 Å². The molecular formula is C20H23N3O4S. The molecule has 2 aromatic rings. The smallest absolute Gasteiger partial charge is 0.203 e. The Bertz CT molecular complexity index is 862. The number of hydrogen-bond acceptors (Lipinski definition) is 6. The number of rotatable bonds is 6. The highest BCUT2D eigenvalue weighted by molar-refractivity contribution is 7.80. The summed E-state index contributed by atoms with van der Waals surface area (Å²) in [5, 5.41) is 9.89. The molecule has 7 nitrogen and oxygen atoms in total. The first-order valence-electron chi connectivity index (χ1n) is 8.68. The number of benzene rings is 2. The van der Waals surface area contributed by atoms with Gasteiger partial charge < -0.3 is 24.3 Å². The fourth-order valence-corrected chi connectivity index (χ4v) is 3.44. The number of hydrogen-bond donors (Lipinski definition) is 1. The van der Waals surface area contributed by atoms with Crippen LogP contribution in [0.2, 0.25) is 0 Å². The molecule has 0 fully saturated rings. The van der Waals surface area contributed by atoms with Gasteiger partial charge in [-0.2, -0.15) is 5.10 Å². The third-order valence-corrected chi connectivity index (χ3v) is 4.74. The molecule has 0 saturated carbocycles. The Morgan fingerprint density at radius 3 is 2.25 bits per heavy atom. The zero-order chi connectivity index (χ0) is 20.1. The molecule has 0 bridgehead atoms. The summed E-state index contributed by atoms with van der Waals surface area (Å²) in [6, 6.07) is 11.4. The molecular weight excluding hydrogens is 378 g/mol. The van der Waals surface area contributed by atoms with Crippen LogP contribution >= 0.6 is 12.2 Å². The summed E-state index contributed by atoms with van der Waals surface area (Å²) in [5.41, 5.74) is 1.73. The molecule has 8 heteroatoms. The van der Waals surface area contributed by atoms with Crippen molar-refractivity contribution >= 4 is 29.2 Å². The summed E-state index contributed by atoms with van der Waals surface area (Å²) in [7, 11) is 6.37. The van der Waals surface area contributed by atoms with Crippen LogP contribution in [0.15, 0.2) is 41.5 Å². The van der Waals surface area contributed by atoms with E-state index in [1.807, 2.05) is 30.5 Å². The minimum atomic E-state index is -0.0433. The molecule has 28 heavy (non-hydrogen) atoms. The van der Waals surface area contributed by atoms with Crippen LogP contribution in [-0.4, -0.2) is 44.8 Å². The van der Waals surface area contributed by atoms with Crippen LogP contribution in [0.1, 0.15) is 18.0 Å². The summed E-state index contributed by atoms with van der Waals surface area (Å²) in [5.74, 6) is 2.41. The van der Waals surface area contributed by atoms with Gasteiger partial charge in [-0.15, -0.1) is 0 Å². The van der Waals surface area contributed by atoms with Gasteiger partial charge in [0, 0.05) is 36.0 Å². The van der Waals surface area contributed by atoms with Crippen LogP contribution in [0.3, 0.4) is 0 Å². The number of hydrazone groups is 1. The number of nitrogens with zero attached hydrogens (tertiary/aromatic N) is 2. The monoisotopic (exact) mass is 401 g/mol. The lowest BCUT2D eigenvalue weighted by atomic mass is 10.0. The summed E-state index contributed by atoms with van der Waals surface area (Å²) in [6.45, 7) is 0. The topological polar surface area (TPSA) is 64.6 Å². The Morgan fingerprint density at radius 2 is 1.64 bits per heavy atom. The standard InChI is InChI=1S/C20H23N3O4S/c1-24-16-8-6-5-7-14(16)15-9-10-21-23(15)20(28)22-13-11-17(25-2)19(27-4)18(12-13)26-3/h5-8,10-12,15H,9H2,1-4H3,(H,22,28). The van der Waals surface area contributed by atoms with E-state index in [0.29, 0.717) is 28.0 Å². The van der Waals surface area contributed by atoms with Crippen LogP contribution in [-0.2, 0) is 0 Å². The number of para-hydroxylation sites is 1. The number of nitrogens with one attached hydrogen (secondary N) is 1. The highest BCUT2D eigenvalue weighted by atomic mass is 32.1. The molecule has 1 aliphatic rings. The molecule has 0 amide bonds. The van der Waals surface area contributed by atoms with Gasteiger partial charge in [0.05, 0.1) is 34.5 Å². The molecule has 0 spiro atoms. The molecule has 1 N–H and O–H groups in total. The minimum Gasteiger partial charge on any atom is -0.496 e. The van der Waals surface area contributed by atoms with Gasteiger partial charge in [0.15, 0.2) is 16.6 Å². The molecule has 0 saturated heterocycles. The van der Waals surface area contributed by atoms with Gasteiger partial charge in [0.25, 0.3) is 0 Å². The van der Waals surface area contributed by atoms with Crippen molar-refractivity contribution in [2.45, 2.75) is 12.5 Å². The average Bonchev–Trinajstić information content (AvgIpc) is 3.22. The molecule has 1 aliphatic heterocycles. The fraction of sp³-hybridized carbons (Fsp3) is 0.300. The lowest BCUT2D eigenvalue weighted by Gasteiger charge is -2.26. The van der Waals surface area contributed by atoms with Crippen molar-refractivity contribution < 1.29 is 18.9 Å². The van der Waals surface area contributed by atoms with Crippen LogP contribution in [0.5, 0.6) is 23.0 Å². The van der Waals surface area contributed by atoms with E-state index in [9.17, 15) is 0 Å². The zero-order valence-corrected chi connectivity index (χ0v) is 17.1. The van der Waals surface area contributed by atoms with Gasteiger partial charge in [-0.25, -0.2) is 5.01 Å². The molecule has 148 valence electrons. The maximum Gasteiger partial charge on any atom is 0.203 e. The molecule has 1 atom stereocenters. The van der Waals surface area contributed by atoms with E-state index in [2.05, 4.69) is 10.4 Å². The SMILES string of the molecule is COc1ccccc1C1CC=NN1C(=S)Nc1cc(OC)c(OC)c(OC)c1. The predicted octanol–water partition coefficient (Wildman–Crippen LogP) is 3.85. The second-order valence-corrected chi connectivity index (χ2v) is 6.37. The van der Waals surface area contributed by atoms with E-state index in [0.717, 1.165) is 17.7 Å². The van der Waals surface area contributed by atoms with E-state index in [4.69, 9.17) is 31.2 Å². The summed E-state index contributed by atoms with van der Waals surface area (Å²) < 4.78 is 21.7. The minimum absolute atomic E-state index is 0.0433. The van der Waals surface area contributed by atoms with Gasteiger partial charge in [-0.05, 0) is 18.3 Å². The average molecular weight is 401 g/mol. The maximum absolute atomic E-state index is 5.62.